The van der Waals surface area contributed by atoms with Crippen LogP contribution < -0.4 is 0 Å². The summed E-state index contributed by atoms with van der Waals surface area (Å²) in [5, 5.41) is 14.4. The molecule has 0 saturated heterocycles. The first-order valence-electron chi connectivity index (χ1n) is 48.8. The van der Waals surface area contributed by atoms with Crippen molar-refractivity contribution >= 4 is 131 Å². The molecule has 0 N–H and O–H groups in total. The molecule has 10 nitrogen and oxygen atoms in total. The molecule has 0 aliphatic rings. The molecule has 8 aromatic heterocycles. The van der Waals surface area contributed by atoms with E-state index < -0.39 is 0 Å². The topological polar surface area (TPSA) is 97.6 Å². The zero-order valence-electron chi connectivity index (χ0n) is 78.0. The Balaban J connectivity index is 0.000000109. The third-order valence-corrected chi connectivity index (χ3v) is 28.1. The van der Waals surface area contributed by atoms with Crippen molar-refractivity contribution in [3.8, 4) is 135 Å². The van der Waals surface area contributed by atoms with Gasteiger partial charge in [0, 0.05) is 121 Å². The predicted octanol–water partition coefficient (Wildman–Crippen LogP) is 35.5. The van der Waals surface area contributed by atoms with Gasteiger partial charge in [0.1, 0.15) is 22.3 Å². The Labute approximate surface area is 829 Å². The van der Waals surface area contributed by atoms with Gasteiger partial charge in [0.15, 0.2) is 11.6 Å². The molecule has 0 atom stereocenters. The lowest BCUT2D eigenvalue weighted by molar-refractivity contribution is 0.668. The van der Waals surface area contributed by atoms with E-state index in [9.17, 15) is 0 Å². The van der Waals surface area contributed by atoms with E-state index in [4.69, 9.17) is 28.8 Å². The van der Waals surface area contributed by atoms with Crippen LogP contribution in [0.15, 0.2) is 531 Å². The number of rotatable bonds is 14. The van der Waals surface area contributed by atoms with Crippen LogP contribution in [-0.2, 0) is 0 Å². The highest BCUT2D eigenvalue weighted by molar-refractivity contribution is 6.14. The molecule has 21 aromatic carbocycles. The Morgan fingerprint density at radius 1 is 0.125 bits per heavy atom. The van der Waals surface area contributed by atoms with Crippen molar-refractivity contribution in [1.29, 1.82) is 0 Å². The van der Waals surface area contributed by atoms with Gasteiger partial charge >= 0.3 is 0 Å². The summed E-state index contributed by atoms with van der Waals surface area (Å²) in [6.07, 6.45) is 0. The minimum atomic E-state index is 0.676. The highest BCUT2D eigenvalue weighted by Crippen LogP contribution is 2.45. The lowest BCUT2D eigenvalue weighted by atomic mass is 9.93. The van der Waals surface area contributed by atoms with E-state index in [1.807, 2.05) is 72.8 Å². The van der Waals surface area contributed by atoms with Crippen molar-refractivity contribution in [2.75, 3.05) is 0 Å². The Hall–Kier alpha value is -19.4. The van der Waals surface area contributed by atoms with Gasteiger partial charge in [-0.05, 0) is 202 Å². The van der Waals surface area contributed by atoms with Gasteiger partial charge in [-0.25, -0.2) is 19.9 Å². The molecular weight excluding hydrogens is 1750 g/mol. The third-order valence-electron chi connectivity index (χ3n) is 28.1. The Kier molecular flexibility index (Phi) is 20.7. The quantitative estimate of drug-likeness (QED) is 0.108. The molecule has 0 unspecified atom stereocenters. The van der Waals surface area contributed by atoms with Gasteiger partial charge < -0.3 is 27.1 Å². The lowest BCUT2D eigenvalue weighted by Crippen LogP contribution is -2.01. The number of nitrogens with zero attached hydrogens (tertiary/aromatic N) is 8. The fourth-order valence-electron chi connectivity index (χ4n) is 21.3. The van der Waals surface area contributed by atoms with Crippen LogP contribution >= 0.6 is 0 Å². The molecular formula is C134H86N8O2. The first-order chi connectivity index (χ1) is 71.4. The SMILES string of the molecule is c1ccc(-c2cc(-c3cc(-n4c5ccccc5c5ccccc54)cc(-n4c5ccccc5c5ccccc54)c3)nc(-c3ccccc3)n2)cc1.c1ccc(-c2ccc(-c3cc(-c4cc(-c5ccc6oc7ccccc7c6c5)cc(-c5ccc6oc7ccccc7c6c5)c4)nc(-c4ccccc4)n3)cc2)cc1.c1ccc2c(c1)c1ccccc1n2-c1ccc(-c2ccc(-n3c4ccccc4c4ccccc43)cc2)cc1. The van der Waals surface area contributed by atoms with Crippen LogP contribution in [0.2, 0.25) is 0 Å². The number of hydrogen-bond acceptors (Lipinski definition) is 6. The van der Waals surface area contributed by atoms with Crippen molar-refractivity contribution in [3.63, 3.8) is 0 Å². The molecule has 0 amide bonds. The number of benzene rings is 21. The van der Waals surface area contributed by atoms with Crippen LogP contribution in [0, 0.1) is 0 Å². The summed E-state index contributed by atoms with van der Waals surface area (Å²) in [7, 11) is 0. The molecule has 29 aromatic rings. The van der Waals surface area contributed by atoms with Gasteiger partial charge in [0.05, 0.1) is 66.9 Å². The van der Waals surface area contributed by atoms with E-state index in [0.29, 0.717) is 11.6 Å². The second kappa shape index (κ2) is 35.5. The maximum Gasteiger partial charge on any atom is 0.160 e. The van der Waals surface area contributed by atoms with E-state index in [-0.39, 0.29) is 0 Å². The number of aromatic nitrogens is 8. The highest BCUT2D eigenvalue weighted by atomic mass is 16.3. The Morgan fingerprint density at radius 3 is 0.681 bits per heavy atom. The summed E-state index contributed by atoms with van der Waals surface area (Å²) in [6, 6.07) is 184. The summed E-state index contributed by atoms with van der Waals surface area (Å²) >= 11 is 0. The summed E-state index contributed by atoms with van der Waals surface area (Å²) < 4.78 is 21.9. The molecule has 0 aliphatic heterocycles. The van der Waals surface area contributed by atoms with Crippen LogP contribution in [0.5, 0.6) is 0 Å². The fourth-order valence-corrected chi connectivity index (χ4v) is 21.3. The van der Waals surface area contributed by atoms with Crippen LogP contribution in [0.25, 0.3) is 266 Å². The molecule has 0 bridgehead atoms. The molecule has 0 aliphatic carbocycles. The Morgan fingerprint density at radius 2 is 0.347 bits per heavy atom. The summed E-state index contributed by atoms with van der Waals surface area (Å²) in [6.45, 7) is 0. The zero-order valence-corrected chi connectivity index (χ0v) is 78.0. The number of furan rings is 2. The monoisotopic (exact) mass is 1840 g/mol. The van der Waals surface area contributed by atoms with Gasteiger partial charge in [0.25, 0.3) is 0 Å². The van der Waals surface area contributed by atoms with E-state index in [0.717, 1.165) is 161 Å². The summed E-state index contributed by atoms with van der Waals surface area (Å²) in [5.74, 6) is 1.37. The average molecular weight is 1840 g/mol. The molecule has 29 rings (SSSR count). The van der Waals surface area contributed by atoms with Crippen LogP contribution in [-0.4, -0.2) is 38.2 Å². The molecule has 0 radical (unpaired) electrons. The van der Waals surface area contributed by atoms with Crippen molar-refractivity contribution < 1.29 is 8.83 Å². The Bertz CT molecular complexity index is 9320. The standard InChI is InChI=1S/C52H32N2O2.C46H30N4.C36H24N2/c1-3-11-33(12-4-1)34-19-21-35(22-20-34)46-32-47(54-52(53-46)36-13-5-2-6-14-36)41-28-39(37-23-25-50-44(30-37)42-15-7-9-17-48(42)55-50)27-40(29-41)38-24-26-51-45(31-38)43-16-8-10-18-49(43)56-51;1-3-15-31(16-4-1)40-30-41(48-46(47-40)32-17-5-2-6-18-32)33-27-34(49-42-23-11-7-19-36(42)37-20-8-12-24-43(37)49)29-35(28-33)50-44-25-13-9-21-38(44)39-22-10-14-26-45(39)50;1-5-13-33-29(9-1)30-10-2-6-14-34(30)37(33)27-21-17-25(18-22-27)26-19-23-28(24-20-26)38-35-15-7-3-11-31(35)32-12-4-8-16-36(32)38/h1-32H;1-30H;1-24H. The molecule has 144 heavy (non-hydrogen) atoms. The zero-order chi connectivity index (χ0) is 95.1. The lowest BCUT2D eigenvalue weighted by Gasteiger charge is -2.16. The number of hydrogen-bond donors (Lipinski definition) is 0. The minimum Gasteiger partial charge on any atom is -0.456 e. The molecule has 674 valence electrons. The van der Waals surface area contributed by atoms with Crippen LogP contribution in [0.4, 0.5) is 0 Å². The third kappa shape index (κ3) is 15.1. The fraction of sp³-hybridized carbons (Fsp3) is 0. The van der Waals surface area contributed by atoms with E-state index >= 15 is 0 Å². The molecule has 10 heteroatoms. The second-order valence-electron chi connectivity index (χ2n) is 36.7. The predicted molar refractivity (Wildman–Crippen MR) is 597 cm³/mol. The van der Waals surface area contributed by atoms with Gasteiger partial charge in [0.2, 0.25) is 0 Å². The smallest absolute Gasteiger partial charge is 0.160 e. The molecule has 8 heterocycles. The first kappa shape index (κ1) is 83.9. The van der Waals surface area contributed by atoms with Gasteiger partial charge in [-0.3, -0.25) is 0 Å². The summed E-state index contributed by atoms with van der Waals surface area (Å²) in [5.41, 5.74) is 36.2. The van der Waals surface area contributed by atoms with E-state index in [1.54, 1.807) is 0 Å². The maximum absolute atomic E-state index is 6.21. The largest absolute Gasteiger partial charge is 0.456 e. The molecule has 0 spiro atoms. The second-order valence-corrected chi connectivity index (χ2v) is 36.7. The van der Waals surface area contributed by atoms with Crippen LogP contribution in [0.1, 0.15) is 0 Å². The summed E-state index contributed by atoms with van der Waals surface area (Å²) in [4.78, 5) is 20.8. The average Bonchev–Trinajstić information content (AvgIpc) is 1.56. The van der Waals surface area contributed by atoms with Crippen molar-refractivity contribution in [2.24, 2.45) is 0 Å². The van der Waals surface area contributed by atoms with Crippen molar-refractivity contribution in [2.45, 2.75) is 0 Å². The minimum absolute atomic E-state index is 0.676. The van der Waals surface area contributed by atoms with E-state index in [2.05, 4.69) is 467 Å². The highest BCUT2D eigenvalue weighted by Gasteiger charge is 2.24. The van der Waals surface area contributed by atoms with Gasteiger partial charge in [-0.15, -0.1) is 0 Å². The van der Waals surface area contributed by atoms with Crippen molar-refractivity contribution in [1.82, 2.24) is 38.2 Å². The first-order valence-corrected chi connectivity index (χ1v) is 48.8. The van der Waals surface area contributed by atoms with E-state index in [1.165, 1.54) is 93.2 Å². The van der Waals surface area contributed by atoms with Gasteiger partial charge in [-0.2, -0.15) is 0 Å². The van der Waals surface area contributed by atoms with Crippen LogP contribution in [0.3, 0.4) is 0 Å². The molecule has 0 saturated carbocycles. The normalized spacial score (nSPS) is 11.6. The number of para-hydroxylation sites is 10. The maximum atomic E-state index is 6.21. The molecule has 0 fully saturated rings. The van der Waals surface area contributed by atoms with Crippen molar-refractivity contribution in [3.05, 3.63) is 522 Å². The van der Waals surface area contributed by atoms with Gasteiger partial charge in [-0.1, -0.05) is 364 Å². The number of fused-ring (bicyclic) bond motifs is 18.